The number of carbonyl (C=O) groups excluding carboxylic acids is 1. The summed E-state index contributed by atoms with van der Waals surface area (Å²) in [6.45, 7) is 4.27. The van der Waals surface area contributed by atoms with Crippen LogP contribution in [0.2, 0.25) is 5.02 Å². The van der Waals surface area contributed by atoms with Gasteiger partial charge in [0.15, 0.2) is 11.6 Å². The number of β-amino-alcohol motifs (C(OH)–C–C–N with tert-alkyl or cyclic N) is 1. The predicted molar refractivity (Wildman–Crippen MR) is 186 cm³/mol. The fourth-order valence-electron chi connectivity index (χ4n) is 5.34. The normalized spacial score (nSPS) is 16.5. The number of methoxy groups -OCH3 is 2. The Balaban J connectivity index is 1.43. The van der Waals surface area contributed by atoms with Gasteiger partial charge in [-0.15, -0.1) is 0 Å². The van der Waals surface area contributed by atoms with E-state index in [4.69, 9.17) is 30.5 Å². The minimum absolute atomic E-state index is 0.0171. The second kappa shape index (κ2) is 15.4. The Bertz CT molecular complexity index is 1950. The lowest BCUT2D eigenvalue weighted by Gasteiger charge is -2.45. The van der Waals surface area contributed by atoms with Crippen molar-refractivity contribution >= 4 is 50.1 Å². The maximum Gasteiger partial charge on any atom is 0.410 e. The van der Waals surface area contributed by atoms with Crippen LogP contribution in [-0.4, -0.2) is 85.7 Å². The number of amides is 1. The van der Waals surface area contributed by atoms with Gasteiger partial charge >= 0.3 is 6.09 Å². The number of benzene rings is 3. The van der Waals surface area contributed by atoms with Gasteiger partial charge < -0.3 is 33.9 Å². The van der Waals surface area contributed by atoms with E-state index in [1.54, 1.807) is 68.1 Å². The highest BCUT2D eigenvalue weighted by molar-refractivity contribution is 7.93. The number of carbonyl (C=O) groups is 1. The number of piperazine rings is 1. The standard InChI is InChI=1S/C33H36ClF2N5O8S2/c1-33(2,3)49-32(43)39-16-23(41(30(42)17-39)22-9-7-21(34)8-10-22)18-48-28-13-26(36)29(14-25(28)35)51(44,45)40(31-37-19-38-50-31)15-20-6-11-24(46-4)12-27(20)47-5/h6-14,19,23,30,42H,15-18H2,1-5H3. The molecule has 1 aliphatic heterocycles. The van der Waals surface area contributed by atoms with Crippen LogP contribution < -0.4 is 23.4 Å². The average Bonchev–Trinajstić information content (AvgIpc) is 3.61. The maximum absolute atomic E-state index is 15.8. The molecule has 5 rings (SSSR count). The molecule has 0 aliphatic carbocycles. The van der Waals surface area contributed by atoms with E-state index in [-0.39, 0.29) is 31.4 Å². The van der Waals surface area contributed by atoms with Crippen molar-refractivity contribution in [3.05, 3.63) is 83.1 Å². The molecule has 3 aromatic carbocycles. The Hall–Kier alpha value is -4.45. The predicted octanol–water partition coefficient (Wildman–Crippen LogP) is 5.71. The number of hydrogen-bond acceptors (Lipinski definition) is 12. The molecule has 13 nitrogen and oxygen atoms in total. The third kappa shape index (κ3) is 8.72. The van der Waals surface area contributed by atoms with E-state index in [0.717, 1.165) is 22.2 Å². The molecule has 1 aliphatic rings. The molecule has 0 bridgehead atoms. The van der Waals surface area contributed by atoms with Crippen molar-refractivity contribution < 1.29 is 46.0 Å². The van der Waals surface area contributed by atoms with E-state index in [9.17, 15) is 18.3 Å². The molecule has 1 fully saturated rings. The first kappa shape index (κ1) is 37.8. The lowest BCUT2D eigenvalue weighted by atomic mass is 10.1. The van der Waals surface area contributed by atoms with Gasteiger partial charge in [0.1, 0.15) is 47.0 Å². The van der Waals surface area contributed by atoms with Gasteiger partial charge in [0, 0.05) is 52.5 Å². The van der Waals surface area contributed by atoms with Crippen molar-refractivity contribution in [2.45, 2.75) is 50.1 Å². The summed E-state index contributed by atoms with van der Waals surface area (Å²) in [6, 6.07) is 11.7. The summed E-state index contributed by atoms with van der Waals surface area (Å²) in [5.74, 6) is -2.31. The monoisotopic (exact) mass is 767 g/mol. The number of anilines is 2. The number of nitrogens with zero attached hydrogens (tertiary/aromatic N) is 5. The van der Waals surface area contributed by atoms with Crippen LogP contribution in [0, 0.1) is 11.6 Å². The summed E-state index contributed by atoms with van der Waals surface area (Å²) < 4.78 is 85.9. The molecule has 0 radical (unpaired) electrons. The van der Waals surface area contributed by atoms with Crippen molar-refractivity contribution in [3.8, 4) is 17.2 Å². The first-order chi connectivity index (χ1) is 24.1. The van der Waals surface area contributed by atoms with E-state index in [1.165, 1.54) is 19.1 Å². The number of aromatic nitrogens is 2. The second-order valence-corrected chi connectivity index (χ2v) is 15.4. The van der Waals surface area contributed by atoms with Crippen LogP contribution in [0.15, 0.2) is 65.8 Å². The zero-order valence-corrected chi connectivity index (χ0v) is 30.6. The van der Waals surface area contributed by atoms with E-state index in [0.29, 0.717) is 39.9 Å². The number of rotatable bonds is 11. The molecule has 1 aromatic heterocycles. The van der Waals surface area contributed by atoms with Crippen molar-refractivity contribution in [1.29, 1.82) is 0 Å². The number of aliphatic hydroxyl groups is 1. The summed E-state index contributed by atoms with van der Waals surface area (Å²) in [7, 11) is -1.92. The fourth-order valence-corrected chi connectivity index (χ4v) is 7.66. The Morgan fingerprint density at radius 1 is 1.04 bits per heavy atom. The van der Waals surface area contributed by atoms with Crippen LogP contribution in [0.25, 0.3) is 0 Å². The van der Waals surface area contributed by atoms with Crippen molar-refractivity contribution in [2.75, 3.05) is 43.1 Å². The van der Waals surface area contributed by atoms with Gasteiger partial charge in [-0.2, -0.15) is 4.37 Å². The van der Waals surface area contributed by atoms with Gasteiger partial charge in [-0.25, -0.2) is 31.3 Å². The van der Waals surface area contributed by atoms with Crippen molar-refractivity contribution in [3.63, 3.8) is 0 Å². The SMILES string of the molecule is COc1ccc(CN(c2ncns2)S(=O)(=O)c2cc(F)c(OCC3CN(C(=O)OC(C)(C)C)CC(O)N3c3ccc(Cl)cc3)cc2F)c(OC)c1. The summed E-state index contributed by atoms with van der Waals surface area (Å²) >= 11 is 6.81. The highest BCUT2D eigenvalue weighted by Crippen LogP contribution is 2.34. The fraction of sp³-hybridized carbons (Fsp3) is 0.364. The van der Waals surface area contributed by atoms with Crippen molar-refractivity contribution in [2.24, 2.45) is 0 Å². The Morgan fingerprint density at radius 3 is 2.39 bits per heavy atom. The molecular formula is C33H36ClF2N5O8S2. The molecule has 1 amide bonds. The van der Waals surface area contributed by atoms with E-state index in [2.05, 4.69) is 9.36 Å². The Kier molecular flexibility index (Phi) is 11.4. The first-order valence-corrected chi connectivity index (χ1v) is 18.0. The van der Waals surface area contributed by atoms with E-state index < -0.39 is 56.3 Å². The van der Waals surface area contributed by atoms with Crippen LogP contribution in [0.3, 0.4) is 0 Å². The maximum atomic E-state index is 15.8. The topological polar surface area (TPSA) is 144 Å². The van der Waals surface area contributed by atoms with Gasteiger partial charge in [-0.3, -0.25) is 0 Å². The number of aliphatic hydroxyl groups excluding tert-OH is 1. The van der Waals surface area contributed by atoms with Crippen LogP contribution >= 0.6 is 23.1 Å². The lowest BCUT2D eigenvalue weighted by molar-refractivity contribution is -0.00212. The number of ether oxygens (including phenoxy) is 4. The summed E-state index contributed by atoms with van der Waals surface area (Å²) in [4.78, 5) is 18.8. The third-order valence-electron chi connectivity index (χ3n) is 7.66. The van der Waals surface area contributed by atoms with E-state index >= 15 is 8.78 Å². The second-order valence-electron chi connectivity index (χ2n) is 12.3. The van der Waals surface area contributed by atoms with Crippen LogP contribution in [0.1, 0.15) is 26.3 Å². The van der Waals surface area contributed by atoms with Crippen LogP contribution in [-0.2, 0) is 21.3 Å². The van der Waals surface area contributed by atoms with E-state index in [1.807, 2.05) is 0 Å². The molecule has 18 heteroatoms. The smallest absolute Gasteiger partial charge is 0.410 e. The molecule has 1 N–H and O–H groups in total. The highest BCUT2D eigenvalue weighted by Gasteiger charge is 2.38. The summed E-state index contributed by atoms with van der Waals surface area (Å²) in [6.07, 6.45) is -0.770. The summed E-state index contributed by atoms with van der Waals surface area (Å²) in [5.41, 5.74) is 0.108. The molecule has 2 heterocycles. The molecular weight excluding hydrogens is 732 g/mol. The van der Waals surface area contributed by atoms with Gasteiger partial charge in [0.05, 0.1) is 33.4 Å². The molecule has 274 valence electrons. The molecule has 0 saturated carbocycles. The molecule has 2 unspecified atom stereocenters. The number of sulfonamides is 1. The quantitative estimate of drug-likeness (QED) is 0.201. The van der Waals surface area contributed by atoms with Crippen LogP contribution in [0.5, 0.6) is 17.2 Å². The molecule has 4 aromatic rings. The van der Waals surface area contributed by atoms with Gasteiger partial charge in [-0.1, -0.05) is 11.6 Å². The molecule has 0 spiro atoms. The van der Waals surface area contributed by atoms with Crippen LogP contribution in [0.4, 0.5) is 24.4 Å². The Labute approximate surface area is 303 Å². The minimum Gasteiger partial charge on any atom is -0.497 e. The number of hydrogen-bond donors (Lipinski definition) is 1. The Morgan fingerprint density at radius 2 is 1.76 bits per heavy atom. The van der Waals surface area contributed by atoms with Gasteiger partial charge in [-0.05, 0) is 57.2 Å². The molecule has 2 atom stereocenters. The zero-order valence-electron chi connectivity index (χ0n) is 28.2. The van der Waals surface area contributed by atoms with Crippen molar-refractivity contribution in [1.82, 2.24) is 14.3 Å². The third-order valence-corrected chi connectivity index (χ3v) is 10.5. The average molecular weight is 768 g/mol. The molecule has 51 heavy (non-hydrogen) atoms. The highest BCUT2D eigenvalue weighted by atomic mass is 35.5. The molecule has 1 saturated heterocycles. The lowest BCUT2D eigenvalue weighted by Crippen LogP contribution is -2.62. The summed E-state index contributed by atoms with van der Waals surface area (Å²) in [5, 5.41) is 11.5. The van der Waals surface area contributed by atoms with Gasteiger partial charge in [0.25, 0.3) is 10.0 Å². The first-order valence-electron chi connectivity index (χ1n) is 15.4. The van der Waals surface area contributed by atoms with Gasteiger partial charge in [0.2, 0.25) is 5.13 Å². The zero-order chi connectivity index (χ0) is 37.1. The number of halogens is 3. The minimum atomic E-state index is -4.78. The largest absolute Gasteiger partial charge is 0.497 e.